The van der Waals surface area contributed by atoms with Crippen LogP contribution in [0.25, 0.3) is 11.3 Å². The Bertz CT molecular complexity index is 1300. The lowest BCUT2D eigenvalue weighted by atomic mass is 9.84. The summed E-state index contributed by atoms with van der Waals surface area (Å²) in [4.78, 5) is 17.9. The first-order valence-electron chi connectivity index (χ1n) is 13.1. The van der Waals surface area contributed by atoms with Crippen LogP contribution in [0.4, 0.5) is 0 Å². The Balaban J connectivity index is 1.28. The van der Waals surface area contributed by atoms with Crippen molar-refractivity contribution in [2.75, 3.05) is 20.1 Å². The molecular formula is C31H36N4O2. The quantitative estimate of drug-likeness (QED) is 0.319. The number of benzene rings is 2. The van der Waals surface area contributed by atoms with E-state index in [1.54, 1.807) is 6.26 Å². The van der Waals surface area contributed by atoms with E-state index in [0.29, 0.717) is 12.0 Å². The minimum Gasteiger partial charge on any atom is -0.464 e. The monoisotopic (exact) mass is 496 g/mol. The van der Waals surface area contributed by atoms with Gasteiger partial charge >= 0.3 is 0 Å². The van der Waals surface area contributed by atoms with E-state index in [9.17, 15) is 4.79 Å². The Morgan fingerprint density at radius 2 is 1.86 bits per heavy atom. The molecule has 6 nitrogen and oxygen atoms in total. The van der Waals surface area contributed by atoms with Crippen molar-refractivity contribution < 1.29 is 9.21 Å². The number of furan rings is 1. The molecule has 1 atom stereocenters. The van der Waals surface area contributed by atoms with Gasteiger partial charge in [0.2, 0.25) is 0 Å². The maximum atomic E-state index is 13.4. The zero-order chi connectivity index (χ0) is 25.8. The van der Waals surface area contributed by atoms with E-state index in [-0.39, 0.29) is 5.91 Å². The number of piperidine rings is 1. The molecule has 1 amide bonds. The van der Waals surface area contributed by atoms with Gasteiger partial charge in [-0.05, 0) is 69.0 Å². The largest absolute Gasteiger partial charge is 0.464 e. The Morgan fingerprint density at radius 1 is 1.08 bits per heavy atom. The SMILES string of the molecule is Cc1nn(C)cc1CN(C)[C@@H](Cc1ccccc1)C1CCN(C(=O)c2cccc(-c3ccco3)c2)CC1. The van der Waals surface area contributed by atoms with Crippen LogP contribution in [0.2, 0.25) is 0 Å². The number of likely N-dealkylation sites (tertiary alicyclic amines) is 1. The van der Waals surface area contributed by atoms with Gasteiger partial charge in [0.05, 0.1) is 12.0 Å². The summed E-state index contributed by atoms with van der Waals surface area (Å²) in [6, 6.07) is 22.7. The summed E-state index contributed by atoms with van der Waals surface area (Å²) in [7, 11) is 4.21. The van der Waals surface area contributed by atoms with Crippen LogP contribution in [-0.2, 0) is 20.0 Å². The van der Waals surface area contributed by atoms with E-state index >= 15 is 0 Å². The summed E-state index contributed by atoms with van der Waals surface area (Å²) in [5.41, 5.74) is 5.37. The fourth-order valence-electron chi connectivity index (χ4n) is 5.65. The molecule has 1 saturated heterocycles. The lowest BCUT2D eigenvalue weighted by Gasteiger charge is -2.40. The third-order valence-corrected chi connectivity index (χ3v) is 7.67. The first kappa shape index (κ1) is 25.0. The van der Waals surface area contributed by atoms with Gasteiger partial charge in [0.25, 0.3) is 5.91 Å². The molecule has 192 valence electrons. The molecule has 2 aromatic carbocycles. The maximum absolute atomic E-state index is 13.4. The number of hydrogen-bond acceptors (Lipinski definition) is 4. The van der Waals surface area contributed by atoms with E-state index < -0.39 is 0 Å². The van der Waals surface area contributed by atoms with E-state index in [1.165, 1.54) is 11.1 Å². The van der Waals surface area contributed by atoms with E-state index in [0.717, 1.165) is 61.5 Å². The summed E-state index contributed by atoms with van der Waals surface area (Å²) in [5.74, 6) is 1.40. The van der Waals surface area contributed by atoms with Crippen LogP contribution in [-0.4, -0.2) is 51.7 Å². The van der Waals surface area contributed by atoms with Crippen molar-refractivity contribution >= 4 is 5.91 Å². The molecule has 0 spiro atoms. The minimum absolute atomic E-state index is 0.103. The highest BCUT2D eigenvalue weighted by atomic mass is 16.3. The molecule has 4 aromatic rings. The van der Waals surface area contributed by atoms with E-state index in [4.69, 9.17) is 4.42 Å². The average Bonchev–Trinajstić information content (AvgIpc) is 3.57. The number of carbonyl (C=O) groups is 1. The first-order valence-corrected chi connectivity index (χ1v) is 13.1. The van der Waals surface area contributed by atoms with Gasteiger partial charge in [-0.25, -0.2) is 0 Å². The number of aryl methyl sites for hydroxylation is 2. The second kappa shape index (κ2) is 11.2. The standard InChI is InChI=1S/C31H36N4O2/c1-23-28(22-34(3)32-23)21-33(2)29(19-24-9-5-4-6-10-24)25-14-16-35(17-15-25)31(36)27-12-7-11-26(20-27)30-13-8-18-37-30/h4-13,18,20,22,25,29H,14-17,19,21H2,1-3H3/t29-/m0/s1. The van der Waals surface area contributed by atoms with Crippen molar-refractivity contribution in [3.63, 3.8) is 0 Å². The van der Waals surface area contributed by atoms with Crippen LogP contribution < -0.4 is 0 Å². The van der Waals surface area contributed by atoms with Crippen LogP contribution in [0, 0.1) is 12.8 Å². The Labute approximate surface area is 219 Å². The molecule has 0 bridgehead atoms. The van der Waals surface area contributed by atoms with Gasteiger partial charge in [0.1, 0.15) is 5.76 Å². The molecule has 1 fully saturated rings. The van der Waals surface area contributed by atoms with Crippen LogP contribution in [0.15, 0.2) is 83.6 Å². The molecule has 3 heterocycles. The third kappa shape index (κ3) is 5.86. The van der Waals surface area contributed by atoms with Crippen LogP contribution in [0.1, 0.15) is 40.0 Å². The molecule has 1 aliphatic heterocycles. The first-order chi connectivity index (χ1) is 18.0. The zero-order valence-corrected chi connectivity index (χ0v) is 22.0. The Morgan fingerprint density at radius 3 is 2.54 bits per heavy atom. The van der Waals surface area contributed by atoms with E-state index in [1.807, 2.05) is 53.0 Å². The smallest absolute Gasteiger partial charge is 0.253 e. The Kier molecular flexibility index (Phi) is 7.56. The molecule has 2 aromatic heterocycles. The predicted molar refractivity (Wildman–Crippen MR) is 146 cm³/mol. The number of rotatable bonds is 8. The zero-order valence-electron chi connectivity index (χ0n) is 22.0. The van der Waals surface area contributed by atoms with Crippen LogP contribution in [0.3, 0.4) is 0 Å². The van der Waals surface area contributed by atoms with Crippen LogP contribution in [0.5, 0.6) is 0 Å². The van der Waals surface area contributed by atoms with Crippen molar-refractivity contribution in [3.05, 3.63) is 102 Å². The van der Waals surface area contributed by atoms with Crippen molar-refractivity contribution in [2.24, 2.45) is 13.0 Å². The van der Waals surface area contributed by atoms with Crippen molar-refractivity contribution in [1.82, 2.24) is 19.6 Å². The molecule has 0 N–H and O–H groups in total. The molecule has 0 saturated carbocycles. The summed E-state index contributed by atoms with van der Waals surface area (Å²) in [5, 5.41) is 4.54. The van der Waals surface area contributed by atoms with Crippen molar-refractivity contribution in [1.29, 1.82) is 0 Å². The maximum Gasteiger partial charge on any atom is 0.253 e. The highest BCUT2D eigenvalue weighted by molar-refractivity contribution is 5.95. The summed E-state index contributed by atoms with van der Waals surface area (Å²) in [6.07, 6.45) is 6.78. The molecule has 1 aliphatic rings. The number of nitrogens with zero attached hydrogens (tertiary/aromatic N) is 4. The highest BCUT2D eigenvalue weighted by Crippen LogP contribution is 2.29. The second-order valence-corrected chi connectivity index (χ2v) is 10.3. The molecule has 5 rings (SSSR count). The van der Waals surface area contributed by atoms with Gasteiger partial charge < -0.3 is 9.32 Å². The lowest BCUT2D eigenvalue weighted by molar-refractivity contribution is 0.0602. The molecular weight excluding hydrogens is 460 g/mol. The van der Waals surface area contributed by atoms with Gasteiger partial charge in [-0.3, -0.25) is 14.4 Å². The van der Waals surface area contributed by atoms with Gasteiger partial charge in [-0.1, -0.05) is 42.5 Å². The fourth-order valence-corrected chi connectivity index (χ4v) is 5.65. The third-order valence-electron chi connectivity index (χ3n) is 7.67. The number of hydrogen-bond donors (Lipinski definition) is 0. The lowest BCUT2D eigenvalue weighted by Crippen LogP contribution is -2.46. The Hall–Kier alpha value is -3.64. The fraction of sp³-hybridized carbons (Fsp3) is 0.355. The van der Waals surface area contributed by atoms with Gasteiger partial charge in [-0.15, -0.1) is 0 Å². The molecule has 37 heavy (non-hydrogen) atoms. The molecule has 0 aliphatic carbocycles. The molecule has 0 unspecified atom stereocenters. The minimum atomic E-state index is 0.103. The number of likely N-dealkylation sites (N-methyl/N-ethyl adjacent to an activating group) is 1. The van der Waals surface area contributed by atoms with Gasteiger partial charge in [0, 0.05) is 55.6 Å². The summed E-state index contributed by atoms with van der Waals surface area (Å²) < 4.78 is 7.43. The van der Waals surface area contributed by atoms with Crippen molar-refractivity contribution in [3.8, 4) is 11.3 Å². The number of aromatic nitrogens is 2. The average molecular weight is 497 g/mol. The summed E-state index contributed by atoms with van der Waals surface area (Å²) in [6.45, 7) is 4.51. The molecule has 0 radical (unpaired) electrons. The highest BCUT2D eigenvalue weighted by Gasteiger charge is 2.31. The molecule has 6 heteroatoms. The number of amides is 1. The predicted octanol–water partition coefficient (Wildman–Crippen LogP) is 5.58. The topological polar surface area (TPSA) is 54.5 Å². The van der Waals surface area contributed by atoms with Crippen LogP contribution >= 0.6 is 0 Å². The van der Waals surface area contributed by atoms with Crippen molar-refractivity contribution in [2.45, 2.75) is 38.8 Å². The number of carbonyl (C=O) groups excluding carboxylic acids is 1. The second-order valence-electron chi connectivity index (χ2n) is 10.3. The van der Waals surface area contributed by atoms with Gasteiger partial charge in [-0.2, -0.15) is 5.10 Å². The van der Waals surface area contributed by atoms with E-state index in [2.05, 4.69) is 60.5 Å². The normalized spacial score (nSPS) is 15.3. The van der Waals surface area contributed by atoms with Gasteiger partial charge in [0.15, 0.2) is 0 Å². The summed E-state index contributed by atoms with van der Waals surface area (Å²) >= 11 is 0.